The van der Waals surface area contributed by atoms with Gasteiger partial charge in [-0.1, -0.05) is 6.07 Å². The molecule has 34 heavy (non-hydrogen) atoms. The number of aromatic nitrogens is 1. The van der Waals surface area contributed by atoms with Gasteiger partial charge < -0.3 is 9.47 Å². The molecule has 0 spiro atoms. The minimum absolute atomic E-state index is 0. The van der Waals surface area contributed by atoms with Crippen molar-refractivity contribution in [1.82, 2.24) is 9.88 Å². The lowest BCUT2D eigenvalue weighted by Gasteiger charge is -2.26. The zero-order chi connectivity index (χ0) is 22.8. The Labute approximate surface area is 202 Å². The molecule has 2 aliphatic rings. The monoisotopic (exact) mass is 484 g/mol. The van der Waals surface area contributed by atoms with Crippen molar-refractivity contribution in [2.75, 3.05) is 39.5 Å². The molecule has 5 rings (SSSR count). The van der Waals surface area contributed by atoms with E-state index >= 15 is 0 Å². The van der Waals surface area contributed by atoms with Gasteiger partial charge in [-0.25, -0.2) is 8.78 Å². The van der Waals surface area contributed by atoms with Gasteiger partial charge in [0, 0.05) is 60.4 Å². The van der Waals surface area contributed by atoms with E-state index in [4.69, 9.17) is 9.47 Å². The van der Waals surface area contributed by atoms with Crippen LogP contribution in [0.3, 0.4) is 0 Å². The third-order valence-electron chi connectivity index (χ3n) is 5.86. The first-order valence-electron chi connectivity index (χ1n) is 10.8. The number of carbonyl (C=O) groups excluding carboxylic acids is 1. The second-order valence-electron chi connectivity index (χ2n) is 7.99. The molecule has 2 aromatic carbocycles. The Morgan fingerprint density at radius 2 is 1.71 bits per heavy atom. The average molecular weight is 485 g/mol. The van der Waals surface area contributed by atoms with Crippen molar-refractivity contribution < 1.29 is 23.0 Å². The summed E-state index contributed by atoms with van der Waals surface area (Å²) >= 11 is 0. The molecular weight excluding hydrogens is 462 g/mol. The lowest BCUT2D eigenvalue weighted by molar-refractivity contribution is 0.0322. The number of fused-ring (bicyclic) bond motifs is 1. The van der Waals surface area contributed by atoms with E-state index in [0.717, 1.165) is 38.9 Å². The van der Waals surface area contributed by atoms with Crippen molar-refractivity contribution in [3.8, 4) is 5.75 Å². The number of ether oxygens (including phenoxy) is 2. The Balaban J connectivity index is 0.00000274. The molecule has 8 heteroatoms. The van der Waals surface area contributed by atoms with Crippen molar-refractivity contribution in [2.24, 2.45) is 0 Å². The Kier molecular flexibility index (Phi) is 7.36. The summed E-state index contributed by atoms with van der Waals surface area (Å²) in [6.45, 7) is 4.44. The number of carbonyl (C=O) groups is 1. The highest BCUT2D eigenvalue weighted by Crippen LogP contribution is 2.43. The topological polar surface area (TPSA) is 51.7 Å². The molecule has 2 heterocycles. The van der Waals surface area contributed by atoms with Crippen LogP contribution in [0.5, 0.6) is 5.75 Å². The summed E-state index contributed by atoms with van der Waals surface area (Å²) in [5, 5.41) is 0. The molecule has 1 aliphatic heterocycles. The number of hydrogen-bond acceptors (Lipinski definition) is 5. The van der Waals surface area contributed by atoms with Crippen LogP contribution in [0.25, 0.3) is 11.1 Å². The lowest BCUT2D eigenvalue weighted by atomic mass is 9.95. The minimum atomic E-state index is -0.702. The molecule has 176 valence electrons. The number of nitrogens with zero attached hydrogens (tertiary/aromatic N) is 2. The fourth-order valence-electron chi connectivity index (χ4n) is 4.30. The number of benzene rings is 2. The molecule has 0 amide bonds. The van der Waals surface area contributed by atoms with Crippen LogP contribution in [0.1, 0.15) is 27.0 Å². The van der Waals surface area contributed by atoms with Crippen LogP contribution in [0.4, 0.5) is 8.78 Å². The Bertz CT molecular complexity index is 1210. The normalized spacial score (nSPS) is 15.8. The number of Topliss-reactive ketones (excluding diaryl/α,β-unsaturated/α-hetero) is 1. The maximum atomic E-state index is 14.0. The maximum absolute atomic E-state index is 14.0. The zero-order valence-corrected chi connectivity index (χ0v) is 19.1. The van der Waals surface area contributed by atoms with E-state index in [2.05, 4.69) is 9.88 Å². The first kappa shape index (κ1) is 24.0. The zero-order valence-electron chi connectivity index (χ0n) is 18.3. The lowest BCUT2D eigenvalue weighted by Crippen LogP contribution is -2.38. The summed E-state index contributed by atoms with van der Waals surface area (Å²) in [4.78, 5) is 19.9. The molecule has 5 nitrogen and oxygen atoms in total. The van der Waals surface area contributed by atoms with E-state index in [1.165, 1.54) is 12.1 Å². The molecule has 1 aromatic heterocycles. The molecule has 0 N–H and O–H groups in total. The van der Waals surface area contributed by atoms with Gasteiger partial charge in [0.25, 0.3) is 0 Å². The van der Waals surface area contributed by atoms with Crippen LogP contribution in [0.2, 0.25) is 0 Å². The number of ketones is 1. The summed E-state index contributed by atoms with van der Waals surface area (Å²) in [5.41, 5.74) is 2.81. The van der Waals surface area contributed by atoms with Crippen LogP contribution in [-0.4, -0.2) is 55.1 Å². The van der Waals surface area contributed by atoms with Gasteiger partial charge >= 0.3 is 0 Å². The summed E-state index contributed by atoms with van der Waals surface area (Å²) in [5.74, 6) is -1.05. The summed E-state index contributed by atoms with van der Waals surface area (Å²) in [7, 11) is 0. The van der Waals surface area contributed by atoms with Crippen molar-refractivity contribution in [1.29, 1.82) is 0 Å². The molecule has 0 atom stereocenters. The second kappa shape index (κ2) is 10.4. The number of morpholine rings is 1. The standard InChI is InChI=1S/C26H22F2N2O3.ClH/c27-19-12-18(13-20(28)14-19)24-22-4-3-21(33-11-8-30-6-9-32-10-7-30)15-23(22)26(31)25(24)17-2-1-5-29-16-17;/h1-5,12-16H,6-11H2;1H. The molecule has 0 bridgehead atoms. The maximum Gasteiger partial charge on any atom is 0.195 e. The van der Waals surface area contributed by atoms with E-state index in [1.807, 2.05) is 0 Å². The van der Waals surface area contributed by atoms with E-state index in [1.54, 1.807) is 42.7 Å². The van der Waals surface area contributed by atoms with Crippen molar-refractivity contribution >= 4 is 29.3 Å². The first-order valence-corrected chi connectivity index (χ1v) is 10.8. The largest absolute Gasteiger partial charge is 0.492 e. The van der Waals surface area contributed by atoms with Gasteiger partial charge in [-0.15, -0.1) is 12.4 Å². The molecule has 3 aromatic rings. The molecule has 1 aliphatic carbocycles. The van der Waals surface area contributed by atoms with Gasteiger partial charge in [0.15, 0.2) is 5.78 Å². The predicted octanol–water partition coefficient (Wildman–Crippen LogP) is 4.65. The van der Waals surface area contributed by atoms with Gasteiger partial charge in [-0.05, 0) is 47.5 Å². The quantitative estimate of drug-likeness (QED) is 0.510. The van der Waals surface area contributed by atoms with Crippen LogP contribution in [0, 0.1) is 11.6 Å². The van der Waals surface area contributed by atoms with Gasteiger partial charge in [0.05, 0.1) is 13.2 Å². The van der Waals surface area contributed by atoms with Crippen molar-refractivity contribution in [3.05, 3.63) is 94.8 Å². The van der Waals surface area contributed by atoms with Crippen LogP contribution in [0.15, 0.2) is 60.9 Å². The second-order valence-corrected chi connectivity index (χ2v) is 7.99. The fraction of sp³-hybridized carbons (Fsp3) is 0.231. The van der Waals surface area contributed by atoms with Gasteiger partial charge in [0.2, 0.25) is 0 Å². The third-order valence-corrected chi connectivity index (χ3v) is 5.86. The van der Waals surface area contributed by atoms with E-state index in [9.17, 15) is 13.6 Å². The number of pyridine rings is 1. The van der Waals surface area contributed by atoms with Crippen LogP contribution in [-0.2, 0) is 4.74 Å². The fourth-order valence-corrected chi connectivity index (χ4v) is 4.30. The Hall–Kier alpha value is -3.13. The number of halogens is 3. The van der Waals surface area contributed by atoms with Crippen molar-refractivity contribution in [3.63, 3.8) is 0 Å². The Morgan fingerprint density at radius 3 is 2.41 bits per heavy atom. The van der Waals surface area contributed by atoms with Crippen LogP contribution >= 0.6 is 12.4 Å². The van der Waals surface area contributed by atoms with E-state index < -0.39 is 11.6 Å². The molecule has 0 saturated carbocycles. The molecular formula is C26H23ClF2N2O3. The smallest absolute Gasteiger partial charge is 0.195 e. The van der Waals surface area contributed by atoms with E-state index in [0.29, 0.717) is 45.8 Å². The summed E-state index contributed by atoms with van der Waals surface area (Å²) in [6.07, 6.45) is 3.19. The number of hydrogen-bond donors (Lipinski definition) is 0. The molecule has 0 unspecified atom stereocenters. The molecule has 1 saturated heterocycles. The van der Waals surface area contributed by atoms with E-state index in [-0.39, 0.29) is 18.2 Å². The SMILES string of the molecule is Cl.O=C1C(c2cccnc2)=C(c2cc(F)cc(F)c2)c2ccc(OCCN3CCOCC3)cc21. The predicted molar refractivity (Wildman–Crippen MR) is 127 cm³/mol. The van der Waals surface area contributed by atoms with Gasteiger partial charge in [0.1, 0.15) is 24.0 Å². The highest BCUT2D eigenvalue weighted by Gasteiger charge is 2.32. The van der Waals surface area contributed by atoms with Gasteiger partial charge in [-0.2, -0.15) is 0 Å². The Morgan fingerprint density at radius 1 is 0.941 bits per heavy atom. The summed E-state index contributed by atoms with van der Waals surface area (Å²) in [6, 6.07) is 12.1. The molecule has 1 fully saturated rings. The third kappa shape index (κ3) is 4.87. The van der Waals surface area contributed by atoms with Crippen molar-refractivity contribution in [2.45, 2.75) is 0 Å². The first-order chi connectivity index (χ1) is 16.1. The number of rotatable bonds is 6. The summed E-state index contributed by atoms with van der Waals surface area (Å²) < 4.78 is 39.4. The minimum Gasteiger partial charge on any atom is -0.492 e. The highest BCUT2D eigenvalue weighted by atomic mass is 35.5. The van der Waals surface area contributed by atoms with Gasteiger partial charge in [-0.3, -0.25) is 14.7 Å². The average Bonchev–Trinajstić information content (AvgIpc) is 3.12. The number of allylic oxidation sites excluding steroid dienone is 1. The highest BCUT2D eigenvalue weighted by molar-refractivity contribution is 6.41. The molecule has 0 radical (unpaired) electrons. The van der Waals surface area contributed by atoms with Crippen LogP contribution < -0.4 is 4.74 Å².